The maximum Gasteiger partial charge on any atom is 0.266 e. The summed E-state index contributed by atoms with van der Waals surface area (Å²) in [5.74, 6) is 1.27. The molecule has 134 valence electrons. The molecule has 1 amide bonds. The zero-order valence-corrected chi connectivity index (χ0v) is 16.1. The predicted molar refractivity (Wildman–Crippen MR) is 106 cm³/mol. The molecule has 0 saturated heterocycles. The lowest BCUT2D eigenvalue weighted by atomic mass is 10.2. The highest BCUT2D eigenvalue weighted by Crippen LogP contribution is 2.28. The average molecular weight is 386 g/mol. The van der Waals surface area contributed by atoms with Gasteiger partial charge in [0.05, 0.1) is 0 Å². The number of rotatable bonds is 7. The molecule has 0 aliphatic carbocycles. The number of amides is 1. The van der Waals surface area contributed by atoms with Crippen molar-refractivity contribution in [2.75, 3.05) is 5.32 Å². The van der Waals surface area contributed by atoms with E-state index in [1.54, 1.807) is 18.7 Å². The molecule has 1 N–H and O–H groups in total. The predicted octanol–water partition coefficient (Wildman–Crippen LogP) is 4.54. The molecule has 1 aromatic heterocycles. The van der Waals surface area contributed by atoms with Gasteiger partial charge in [-0.05, 0) is 31.0 Å². The lowest BCUT2D eigenvalue weighted by Crippen LogP contribution is -2.30. The van der Waals surface area contributed by atoms with E-state index in [4.69, 9.17) is 4.74 Å². The van der Waals surface area contributed by atoms with Crippen molar-refractivity contribution in [3.63, 3.8) is 0 Å². The summed E-state index contributed by atoms with van der Waals surface area (Å²) in [5, 5.41) is 11.4. The number of aryl methyl sites for hydroxylation is 1. The van der Waals surface area contributed by atoms with E-state index in [9.17, 15) is 4.79 Å². The number of anilines is 1. The smallest absolute Gasteiger partial charge is 0.266 e. The second-order valence-electron chi connectivity index (χ2n) is 5.66. The third-order valence-corrected chi connectivity index (χ3v) is 5.65. The molecule has 1 unspecified atom stereocenters. The van der Waals surface area contributed by atoms with Crippen LogP contribution in [0.4, 0.5) is 5.13 Å². The highest BCUT2D eigenvalue weighted by molar-refractivity contribution is 8.00. The summed E-state index contributed by atoms with van der Waals surface area (Å²) >= 11 is 2.96. The first-order chi connectivity index (χ1) is 12.6. The highest BCUT2D eigenvalue weighted by Gasteiger charge is 2.17. The summed E-state index contributed by atoms with van der Waals surface area (Å²) in [6.45, 7) is 3.66. The van der Waals surface area contributed by atoms with Gasteiger partial charge in [0.2, 0.25) is 5.13 Å². The van der Waals surface area contributed by atoms with Gasteiger partial charge in [0.1, 0.15) is 5.75 Å². The van der Waals surface area contributed by atoms with Crippen molar-refractivity contribution in [3.05, 3.63) is 65.7 Å². The molecule has 0 saturated carbocycles. The minimum Gasteiger partial charge on any atom is -0.481 e. The third kappa shape index (κ3) is 5.06. The maximum absolute atomic E-state index is 12.3. The Balaban J connectivity index is 1.53. The molecule has 0 aliphatic rings. The molecular formula is C19H19N3O2S2. The maximum atomic E-state index is 12.3. The number of carbonyl (C=O) groups excluding carboxylic acids is 1. The van der Waals surface area contributed by atoms with Crippen molar-refractivity contribution < 1.29 is 9.53 Å². The average Bonchev–Trinajstić information content (AvgIpc) is 3.10. The summed E-state index contributed by atoms with van der Waals surface area (Å²) in [5.41, 5.74) is 2.21. The molecule has 2 aromatic carbocycles. The first-order valence-corrected chi connectivity index (χ1v) is 9.95. The van der Waals surface area contributed by atoms with E-state index >= 15 is 0 Å². The number of hydrogen-bond acceptors (Lipinski definition) is 6. The first-order valence-electron chi connectivity index (χ1n) is 8.15. The minimum absolute atomic E-state index is 0.246. The molecule has 1 heterocycles. The number of thioether (sulfide) groups is 1. The van der Waals surface area contributed by atoms with Gasteiger partial charge in [-0.2, -0.15) is 0 Å². The summed E-state index contributed by atoms with van der Waals surface area (Å²) in [7, 11) is 0. The molecule has 0 aliphatic heterocycles. The topological polar surface area (TPSA) is 64.1 Å². The molecular weight excluding hydrogens is 366 g/mol. The van der Waals surface area contributed by atoms with Crippen LogP contribution in [-0.4, -0.2) is 22.2 Å². The molecule has 1 atom stereocenters. The fourth-order valence-electron chi connectivity index (χ4n) is 2.18. The van der Waals surface area contributed by atoms with Crippen LogP contribution in [0.15, 0.2) is 58.9 Å². The molecule has 0 bridgehead atoms. The fourth-order valence-corrected chi connectivity index (χ4v) is 3.89. The quantitative estimate of drug-likeness (QED) is 0.478. The van der Waals surface area contributed by atoms with Gasteiger partial charge in [-0.1, -0.05) is 71.6 Å². The van der Waals surface area contributed by atoms with E-state index in [0.717, 1.165) is 15.7 Å². The second-order valence-corrected chi connectivity index (χ2v) is 7.86. The van der Waals surface area contributed by atoms with E-state index in [-0.39, 0.29) is 5.91 Å². The van der Waals surface area contributed by atoms with Gasteiger partial charge >= 0.3 is 0 Å². The first kappa shape index (κ1) is 18.4. The minimum atomic E-state index is -0.625. The summed E-state index contributed by atoms with van der Waals surface area (Å²) in [6.07, 6.45) is -0.625. The normalized spacial score (nSPS) is 11.8. The number of para-hydroxylation sites is 1. The molecule has 5 nitrogen and oxygen atoms in total. The van der Waals surface area contributed by atoms with Crippen LogP contribution in [0.2, 0.25) is 0 Å². The Morgan fingerprint density at radius 2 is 1.88 bits per heavy atom. The third-order valence-electron chi connectivity index (χ3n) is 3.61. The lowest BCUT2D eigenvalue weighted by Gasteiger charge is -2.15. The van der Waals surface area contributed by atoms with Gasteiger partial charge in [-0.25, -0.2) is 0 Å². The molecule has 0 fully saturated rings. The number of carbonyl (C=O) groups is 1. The van der Waals surface area contributed by atoms with Crippen molar-refractivity contribution in [2.45, 2.75) is 30.0 Å². The Labute approximate surface area is 160 Å². The Morgan fingerprint density at radius 3 is 2.65 bits per heavy atom. The van der Waals surface area contributed by atoms with Crippen LogP contribution < -0.4 is 10.1 Å². The number of nitrogens with zero attached hydrogens (tertiary/aromatic N) is 2. The van der Waals surface area contributed by atoms with E-state index in [1.807, 2.05) is 49.4 Å². The van der Waals surface area contributed by atoms with Gasteiger partial charge in [0, 0.05) is 5.75 Å². The molecule has 3 aromatic rings. The SMILES string of the molecule is Cc1ccccc1OC(C)C(=O)Nc1nnc(SCc2ccccc2)s1. The summed E-state index contributed by atoms with van der Waals surface area (Å²) < 4.78 is 6.55. The van der Waals surface area contributed by atoms with Crippen LogP contribution in [0.3, 0.4) is 0 Å². The number of hydrogen-bond donors (Lipinski definition) is 1. The van der Waals surface area contributed by atoms with Gasteiger partial charge in [0.25, 0.3) is 5.91 Å². The van der Waals surface area contributed by atoms with E-state index in [1.165, 1.54) is 16.9 Å². The zero-order chi connectivity index (χ0) is 18.4. The Morgan fingerprint density at radius 1 is 1.15 bits per heavy atom. The van der Waals surface area contributed by atoms with Gasteiger partial charge < -0.3 is 4.74 Å². The molecule has 26 heavy (non-hydrogen) atoms. The molecule has 0 radical (unpaired) electrons. The van der Waals surface area contributed by atoms with E-state index in [2.05, 4.69) is 27.6 Å². The Bertz CT molecular complexity index is 868. The second kappa shape index (κ2) is 8.82. The van der Waals surface area contributed by atoms with Crippen molar-refractivity contribution in [3.8, 4) is 5.75 Å². The van der Waals surface area contributed by atoms with Gasteiger partial charge in [0.15, 0.2) is 10.4 Å². The molecule has 7 heteroatoms. The molecule has 3 rings (SSSR count). The zero-order valence-electron chi connectivity index (χ0n) is 14.5. The highest BCUT2D eigenvalue weighted by atomic mass is 32.2. The van der Waals surface area contributed by atoms with Crippen LogP contribution >= 0.6 is 23.1 Å². The summed E-state index contributed by atoms with van der Waals surface area (Å²) in [4.78, 5) is 12.3. The van der Waals surface area contributed by atoms with Gasteiger partial charge in [-0.3, -0.25) is 10.1 Å². The summed E-state index contributed by atoms with van der Waals surface area (Å²) in [6, 6.07) is 17.8. The van der Waals surface area contributed by atoms with Crippen molar-refractivity contribution in [1.82, 2.24) is 10.2 Å². The number of benzene rings is 2. The standard InChI is InChI=1S/C19H19N3O2S2/c1-13-8-6-7-11-16(13)24-14(2)17(23)20-18-21-22-19(26-18)25-12-15-9-4-3-5-10-15/h3-11,14H,12H2,1-2H3,(H,20,21,23). The lowest BCUT2D eigenvalue weighted by molar-refractivity contribution is -0.122. The van der Waals surface area contributed by atoms with Crippen molar-refractivity contribution in [1.29, 1.82) is 0 Å². The Hall–Kier alpha value is -2.38. The Kier molecular flexibility index (Phi) is 6.25. The number of nitrogens with one attached hydrogen (secondary N) is 1. The largest absolute Gasteiger partial charge is 0.481 e. The van der Waals surface area contributed by atoms with Crippen molar-refractivity contribution in [2.24, 2.45) is 0 Å². The molecule has 0 spiro atoms. The van der Waals surface area contributed by atoms with Gasteiger partial charge in [-0.15, -0.1) is 10.2 Å². The van der Waals surface area contributed by atoms with Crippen LogP contribution in [0.25, 0.3) is 0 Å². The number of aromatic nitrogens is 2. The van der Waals surface area contributed by atoms with E-state index < -0.39 is 6.10 Å². The van der Waals surface area contributed by atoms with Crippen molar-refractivity contribution >= 4 is 34.1 Å². The monoisotopic (exact) mass is 385 g/mol. The van der Waals surface area contributed by atoms with Crippen LogP contribution in [-0.2, 0) is 10.5 Å². The number of ether oxygens (including phenoxy) is 1. The van der Waals surface area contributed by atoms with E-state index in [0.29, 0.717) is 10.9 Å². The van der Waals surface area contributed by atoms with Crippen LogP contribution in [0.5, 0.6) is 5.75 Å². The van der Waals surface area contributed by atoms with Crippen LogP contribution in [0, 0.1) is 6.92 Å². The fraction of sp³-hybridized carbons (Fsp3) is 0.211. The van der Waals surface area contributed by atoms with Crippen LogP contribution in [0.1, 0.15) is 18.1 Å².